The van der Waals surface area contributed by atoms with Crippen molar-refractivity contribution in [2.24, 2.45) is 0 Å². The summed E-state index contributed by atoms with van der Waals surface area (Å²) in [5.41, 5.74) is 3.67. The Morgan fingerprint density at radius 2 is 1.62 bits per heavy atom. The second-order valence-corrected chi connectivity index (χ2v) is 6.44. The molecule has 0 unspecified atom stereocenters. The van der Waals surface area contributed by atoms with Gasteiger partial charge in [0, 0.05) is 11.3 Å². The van der Waals surface area contributed by atoms with E-state index in [2.05, 4.69) is 5.32 Å². The molecular formula is C19H15Cl2NO2. The van der Waals surface area contributed by atoms with Crippen LogP contribution in [0.1, 0.15) is 21.7 Å². The number of rotatable bonds is 3. The first-order valence-corrected chi connectivity index (χ1v) is 8.13. The van der Waals surface area contributed by atoms with Gasteiger partial charge in [-0.05, 0) is 67.4 Å². The topological polar surface area (TPSA) is 42.2 Å². The maximum Gasteiger partial charge on any atom is 0.291 e. The molecule has 3 nitrogen and oxygen atoms in total. The lowest BCUT2D eigenvalue weighted by atomic mass is 10.1. The maximum absolute atomic E-state index is 12.4. The quantitative estimate of drug-likeness (QED) is 0.611. The van der Waals surface area contributed by atoms with Crippen LogP contribution in [0, 0.1) is 13.8 Å². The van der Waals surface area contributed by atoms with E-state index in [4.69, 9.17) is 27.6 Å². The van der Waals surface area contributed by atoms with E-state index in [1.54, 1.807) is 30.3 Å². The normalized spacial score (nSPS) is 10.7. The van der Waals surface area contributed by atoms with Crippen LogP contribution in [-0.4, -0.2) is 5.91 Å². The Bertz CT molecular complexity index is 895. The fourth-order valence-corrected chi connectivity index (χ4v) is 2.80. The van der Waals surface area contributed by atoms with Crippen LogP contribution >= 0.6 is 23.2 Å². The molecule has 0 fully saturated rings. The first kappa shape index (κ1) is 16.6. The van der Waals surface area contributed by atoms with Crippen LogP contribution in [-0.2, 0) is 0 Å². The minimum Gasteiger partial charge on any atom is -0.451 e. The molecule has 1 aromatic heterocycles. The molecule has 3 rings (SSSR count). The zero-order valence-electron chi connectivity index (χ0n) is 13.2. The third kappa shape index (κ3) is 3.64. The van der Waals surface area contributed by atoms with Crippen LogP contribution in [0.5, 0.6) is 0 Å². The summed E-state index contributed by atoms with van der Waals surface area (Å²) in [5.74, 6) is 0.487. The standard InChI is InChI=1S/C19H15Cl2NO2/c1-11-7-12(2)9-14(8-11)22-19(23)18-6-5-17(24-18)13-3-4-15(20)16(21)10-13/h3-10H,1-2H3,(H,22,23). The highest BCUT2D eigenvalue weighted by Crippen LogP contribution is 2.29. The van der Waals surface area contributed by atoms with Crippen molar-refractivity contribution in [3.63, 3.8) is 0 Å². The van der Waals surface area contributed by atoms with Gasteiger partial charge in [-0.15, -0.1) is 0 Å². The van der Waals surface area contributed by atoms with Crippen molar-refractivity contribution in [3.05, 3.63) is 75.5 Å². The Kier molecular flexibility index (Phi) is 4.65. The molecular weight excluding hydrogens is 345 g/mol. The minimum atomic E-state index is -0.300. The number of hydrogen-bond donors (Lipinski definition) is 1. The van der Waals surface area contributed by atoms with Gasteiger partial charge in [-0.25, -0.2) is 0 Å². The number of amides is 1. The molecule has 0 saturated carbocycles. The van der Waals surface area contributed by atoms with E-state index in [0.29, 0.717) is 15.8 Å². The number of carbonyl (C=O) groups is 1. The largest absolute Gasteiger partial charge is 0.451 e. The van der Waals surface area contributed by atoms with Crippen molar-refractivity contribution >= 4 is 34.8 Å². The van der Waals surface area contributed by atoms with Crippen molar-refractivity contribution in [1.29, 1.82) is 0 Å². The van der Waals surface area contributed by atoms with E-state index >= 15 is 0 Å². The fraction of sp³-hybridized carbons (Fsp3) is 0.105. The number of aryl methyl sites for hydroxylation is 2. The lowest BCUT2D eigenvalue weighted by molar-refractivity contribution is 0.0997. The molecule has 3 aromatic rings. The molecule has 2 aromatic carbocycles. The number of furan rings is 1. The number of nitrogens with one attached hydrogen (secondary N) is 1. The molecule has 0 radical (unpaired) electrons. The average Bonchev–Trinajstić information content (AvgIpc) is 2.99. The van der Waals surface area contributed by atoms with Gasteiger partial charge in [0.05, 0.1) is 10.0 Å². The number of halogens is 2. The predicted molar refractivity (Wildman–Crippen MR) is 98.0 cm³/mol. The van der Waals surface area contributed by atoms with Gasteiger partial charge in [-0.3, -0.25) is 4.79 Å². The van der Waals surface area contributed by atoms with Crippen molar-refractivity contribution in [2.75, 3.05) is 5.32 Å². The molecule has 1 heterocycles. The Morgan fingerprint density at radius 3 is 2.29 bits per heavy atom. The van der Waals surface area contributed by atoms with E-state index in [9.17, 15) is 4.79 Å². The van der Waals surface area contributed by atoms with Crippen LogP contribution in [0.2, 0.25) is 10.0 Å². The monoisotopic (exact) mass is 359 g/mol. The summed E-state index contributed by atoms with van der Waals surface area (Å²) < 4.78 is 5.65. The highest BCUT2D eigenvalue weighted by atomic mass is 35.5. The van der Waals surface area contributed by atoms with Gasteiger partial charge in [0.2, 0.25) is 0 Å². The smallest absolute Gasteiger partial charge is 0.291 e. The first-order valence-electron chi connectivity index (χ1n) is 7.37. The second kappa shape index (κ2) is 6.71. The van der Waals surface area contributed by atoms with Crippen LogP contribution in [0.3, 0.4) is 0 Å². The maximum atomic E-state index is 12.4. The molecule has 1 N–H and O–H groups in total. The van der Waals surface area contributed by atoms with Crippen LogP contribution < -0.4 is 5.32 Å². The molecule has 0 atom stereocenters. The highest BCUT2D eigenvalue weighted by Gasteiger charge is 2.13. The molecule has 1 amide bonds. The number of carbonyl (C=O) groups excluding carboxylic acids is 1. The van der Waals surface area contributed by atoms with E-state index in [1.165, 1.54) is 0 Å². The fourth-order valence-electron chi connectivity index (χ4n) is 2.50. The van der Waals surface area contributed by atoms with Gasteiger partial charge in [-0.1, -0.05) is 29.3 Å². The zero-order chi connectivity index (χ0) is 17.3. The van der Waals surface area contributed by atoms with Crippen molar-refractivity contribution in [3.8, 4) is 11.3 Å². The summed E-state index contributed by atoms with van der Waals surface area (Å²) in [6, 6.07) is 14.4. The summed E-state index contributed by atoms with van der Waals surface area (Å²) in [6.07, 6.45) is 0. The van der Waals surface area contributed by atoms with Gasteiger partial charge in [0.15, 0.2) is 5.76 Å². The van der Waals surface area contributed by atoms with Gasteiger partial charge in [-0.2, -0.15) is 0 Å². The summed E-state index contributed by atoms with van der Waals surface area (Å²) >= 11 is 11.9. The van der Waals surface area contributed by atoms with Crippen molar-refractivity contribution in [2.45, 2.75) is 13.8 Å². The Hall–Kier alpha value is -2.23. The molecule has 5 heteroatoms. The van der Waals surface area contributed by atoms with Gasteiger partial charge in [0.1, 0.15) is 5.76 Å². The number of anilines is 1. The predicted octanol–water partition coefficient (Wildman–Crippen LogP) is 6.12. The molecule has 122 valence electrons. The van der Waals surface area contributed by atoms with E-state index in [-0.39, 0.29) is 11.7 Å². The van der Waals surface area contributed by atoms with Gasteiger partial charge < -0.3 is 9.73 Å². The Morgan fingerprint density at radius 1 is 0.917 bits per heavy atom. The highest BCUT2D eigenvalue weighted by molar-refractivity contribution is 6.42. The van der Waals surface area contributed by atoms with Gasteiger partial charge in [0.25, 0.3) is 5.91 Å². The van der Waals surface area contributed by atoms with Crippen LogP contribution in [0.15, 0.2) is 52.9 Å². The molecule has 0 aliphatic rings. The Balaban J connectivity index is 1.81. The summed E-state index contributed by atoms with van der Waals surface area (Å²) in [4.78, 5) is 12.4. The van der Waals surface area contributed by atoms with Crippen molar-refractivity contribution < 1.29 is 9.21 Å². The SMILES string of the molecule is Cc1cc(C)cc(NC(=O)c2ccc(-c3ccc(Cl)c(Cl)c3)o2)c1. The summed E-state index contributed by atoms with van der Waals surface area (Å²) in [5, 5.41) is 3.75. The molecule has 0 spiro atoms. The first-order chi connectivity index (χ1) is 11.4. The van der Waals surface area contributed by atoms with E-state index in [0.717, 1.165) is 22.4 Å². The number of hydrogen-bond acceptors (Lipinski definition) is 2. The van der Waals surface area contributed by atoms with E-state index < -0.39 is 0 Å². The summed E-state index contributed by atoms with van der Waals surface area (Å²) in [7, 11) is 0. The molecule has 0 saturated heterocycles. The summed E-state index contributed by atoms with van der Waals surface area (Å²) in [6.45, 7) is 3.97. The molecule has 0 aliphatic heterocycles. The number of benzene rings is 2. The molecule has 0 bridgehead atoms. The Labute approximate surface area is 150 Å². The minimum absolute atomic E-state index is 0.232. The molecule has 24 heavy (non-hydrogen) atoms. The van der Waals surface area contributed by atoms with E-state index in [1.807, 2.05) is 32.0 Å². The van der Waals surface area contributed by atoms with Crippen LogP contribution in [0.4, 0.5) is 5.69 Å². The third-order valence-electron chi connectivity index (χ3n) is 3.51. The second-order valence-electron chi connectivity index (χ2n) is 5.62. The third-order valence-corrected chi connectivity index (χ3v) is 4.25. The lowest BCUT2D eigenvalue weighted by Gasteiger charge is -2.06. The zero-order valence-corrected chi connectivity index (χ0v) is 14.7. The van der Waals surface area contributed by atoms with Crippen LogP contribution in [0.25, 0.3) is 11.3 Å². The average molecular weight is 360 g/mol. The molecule has 0 aliphatic carbocycles. The van der Waals surface area contributed by atoms with Crippen molar-refractivity contribution in [1.82, 2.24) is 0 Å². The lowest BCUT2D eigenvalue weighted by Crippen LogP contribution is -2.11. The van der Waals surface area contributed by atoms with Gasteiger partial charge >= 0.3 is 0 Å².